The van der Waals surface area contributed by atoms with Crippen molar-refractivity contribution in [2.75, 3.05) is 0 Å². The SMILES string of the molecule is Cc1cnc2cn(C)ccc1-2. The molecule has 11 heavy (non-hydrogen) atoms. The van der Waals surface area contributed by atoms with Crippen LogP contribution in [0.4, 0.5) is 0 Å². The second kappa shape index (κ2) is 2.09. The number of aryl methyl sites for hydroxylation is 2. The van der Waals surface area contributed by atoms with Gasteiger partial charge in [-0.2, -0.15) is 0 Å². The van der Waals surface area contributed by atoms with Crippen molar-refractivity contribution in [2.24, 2.45) is 7.05 Å². The molecule has 2 nitrogen and oxygen atoms in total. The van der Waals surface area contributed by atoms with E-state index in [0.29, 0.717) is 0 Å². The Kier molecular flexibility index (Phi) is 1.22. The second-order valence-corrected chi connectivity index (χ2v) is 2.85. The third kappa shape index (κ3) is 0.909. The van der Waals surface area contributed by atoms with E-state index < -0.39 is 0 Å². The van der Waals surface area contributed by atoms with E-state index in [9.17, 15) is 0 Å². The summed E-state index contributed by atoms with van der Waals surface area (Å²) in [6.45, 7) is 2.08. The first-order valence-electron chi connectivity index (χ1n) is 3.64. The lowest BCUT2D eigenvalue weighted by Crippen LogP contribution is -1.90. The molecule has 0 saturated heterocycles. The Balaban J connectivity index is 2.74. The van der Waals surface area contributed by atoms with E-state index in [1.807, 2.05) is 30.2 Å². The summed E-state index contributed by atoms with van der Waals surface area (Å²) in [4.78, 5) is 4.26. The molecule has 2 heterocycles. The molecular formula is C9H10N2. The largest absolute Gasteiger partial charge is 0.355 e. The van der Waals surface area contributed by atoms with Crippen molar-refractivity contribution in [3.8, 4) is 11.3 Å². The van der Waals surface area contributed by atoms with Crippen molar-refractivity contribution in [1.82, 2.24) is 9.55 Å². The quantitative estimate of drug-likeness (QED) is 0.554. The molecule has 56 valence electrons. The number of nitrogens with zero attached hydrogens (tertiary/aromatic N) is 2. The van der Waals surface area contributed by atoms with Crippen molar-refractivity contribution < 1.29 is 0 Å². The average molecular weight is 146 g/mol. The summed E-state index contributed by atoms with van der Waals surface area (Å²) in [5.41, 5.74) is 3.58. The zero-order valence-electron chi connectivity index (χ0n) is 6.70. The van der Waals surface area contributed by atoms with E-state index in [1.54, 1.807) is 0 Å². The Morgan fingerprint density at radius 3 is 3.09 bits per heavy atom. The molecule has 0 bridgehead atoms. The van der Waals surface area contributed by atoms with E-state index >= 15 is 0 Å². The van der Waals surface area contributed by atoms with Gasteiger partial charge in [0.15, 0.2) is 0 Å². The Hall–Kier alpha value is -1.31. The van der Waals surface area contributed by atoms with Gasteiger partial charge in [-0.25, -0.2) is 0 Å². The van der Waals surface area contributed by atoms with Gasteiger partial charge in [0.05, 0.1) is 5.69 Å². The Bertz CT molecular complexity index is 349. The summed E-state index contributed by atoms with van der Waals surface area (Å²) >= 11 is 0. The molecule has 0 atom stereocenters. The maximum absolute atomic E-state index is 4.26. The number of hydrogen-bond acceptors (Lipinski definition) is 1. The Morgan fingerprint density at radius 1 is 1.45 bits per heavy atom. The molecule has 2 aliphatic heterocycles. The highest BCUT2D eigenvalue weighted by molar-refractivity contribution is 5.64. The second-order valence-electron chi connectivity index (χ2n) is 2.85. The van der Waals surface area contributed by atoms with Gasteiger partial charge < -0.3 is 4.57 Å². The van der Waals surface area contributed by atoms with E-state index in [1.165, 1.54) is 11.1 Å². The number of aromatic nitrogens is 2. The molecule has 2 heteroatoms. The molecular weight excluding hydrogens is 136 g/mol. The molecule has 0 aromatic heterocycles. The lowest BCUT2D eigenvalue weighted by molar-refractivity contribution is 0.901. The molecule has 2 rings (SSSR count). The molecule has 2 aliphatic rings. The van der Waals surface area contributed by atoms with Crippen LogP contribution >= 0.6 is 0 Å². The van der Waals surface area contributed by atoms with Gasteiger partial charge in [-0.3, -0.25) is 4.98 Å². The first-order valence-corrected chi connectivity index (χ1v) is 3.64. The van der Waals surface area contributed by atoms with Crippen molar-refractivity contribution in [3.05, 3.63) is 30.2 Å². The van der Waals surface area contributed by atoms with Crippen LogP contribution in [0.1, 0.15) is 5.56 Å². The van der Waals surface area contributed by atoms with Crippen molar-refractivity contribution in [3.63, 3.8) is 0 Å². The smallest absolute Gasteiger partial charge is 0.0867 e. The fourth-order valence-electron chi connectivity index (χ4n) is 1.26. The number of rotatable bonds is 0. The predicted molar refractivity (Wildman–Crippen MR) is 44.6 cm³/mol. The fourth-order valence-corrected chi connectivity index (χ4v) is 1.26. The van der Waals surface area contributed by atoms with Crippen LogP contribution in [0.5, 0.6) is 0 Å². The molecule has 0 saturated carbocycles. The Morgan fingerprint density at radius 2 is 2.27 bits per heavy atom. The van der Waals surface area contributed by atoms with Gasteiger partial charge in [0, 0.05) is 31.2 Å². The van der Waals surface area contributed by atoms with Gasteiger partial charge in [0.2, 0.25) is 0 Å². The molecule has 0 aromatic carbocycles. The standard InChI is InChI=1S/C9H10N2/c1-7-5-10-9-6-11(2)4-3-8(7)9/h3-6H,1-2H3. The van der Waals surface area contributed by atoms with E-state index in [2.05, 4.69) is 18.0 Å². The van der Waals surface area contributed by atoms with Crippen molar-refractivity contribution in [2.45, 2.75) is 6.92 Å². The molecule has 0 fully saturated rings. The first kappa shape index (κ1) is 6.40. The fraction of sp³-hybridized carbons (Fsp3) is 0.222. The van der Waals surface area contributed by atoms with Gasteiger partial charge in [-0.15, -0.1) is 0 Å². The summed E-state index contributed by atoms with van der Waals surface area (Å²) in [6, 6.07) is 2.09. The summed E-state index contributed by atoms with van der Waals surface area (Å²) in [7, 11) is 2.00. The molecule has 0 aliphatic carbocycles. The van der Waals surface area contributed by atoms with Gasteiger partial charge in [0.25, 0.3) is 0 Å². The molecule has 0 aromatic rings. The topological polar surface area (TPSA) is 17.8 Å². The van der Waals surface area contributed by atoms with Crippen LogP contribution in [0.3, 0.4) is 0 Å². The van der Waals surface area contributed by atoms with Crippen LogP contribution in [0.2, 0.25) is 0 Å². The number of fused-ring (bicyclic) bond motifs is 1. The zero-order valence-corrected chi connectivity index (χ0v) is 6.70. The molecule has 0 amide bonds. The van der Waals surface area contributed by atoms with E-state index in [0.717, 1.165) is 5.69 Å². The zero-order chi connectivity index (χ0) is 7.84. The normalized spacial score (nSPS) is 10.7. The third-order valence-corrected chi connectivity index (χ3v) is 1.90. The molecule has 0 unspecified atom stereocenters. The predicted octanol–water partition coefficient (Wildman–Crippen LogP) is 1.83. The van der Waals surface area contributed by atoms with Crippen LogP contribution in [0.25, 0.3) is 11.3 Å². The summed E-state index contributed by atoms with van der Waals surface area (Å²) < 4.78 is 2.01. The van der Waals surface area contributed by atoms with Crippen LogP contribution in [0, 0.1) is 6.92 Å². The maximum atomic E-state index is 4.26. The van der Waals surface area contributed by atoms with E-state index in [-0.39, 0.29) is 0 Å². The molecule has 0 radical (unpaired) electrons. The lowest BCUT2D eigenvalue weighted by Gasteiger charge is -2.01. The highest BCUT2D eigenvalue weighted by Gasteiger charge is 2.05. The third-order valence-electron chi connectivity index (χ3n) is 1.90. The van der Waals surface area contributed by atoms with Crippen molar-refractivity contribution in [1.29, 1.82) is 0 Å². The minimum Gasteiger partial charge on any atom is -0.355 e. The maximum Gasteiger partial charge on any atom is 0.0867 e. The number of hydrogen-bond donors (Lipinski definition) is 0. The monoisotopic (exact) mass is 146 g/mol. The molecule has 0 N–H and O–H groups in total. The van der Waals surface area contributed by atoms with Crippen molar-refractivity contribution >= 4 is 0 Å². The van der Waals surface area contributed by atoms with Gasteiger partial charge >= 0.3 is 0 Å². The van der Waals surface area contributed by atoms with E-state index in [4.69, 9.17) is 0 Å². The van der Waals surface area contributed by atoms with Gasteiger partial charge in [-0.1, -0.05) is 0 Å². The van der Waals surface area contributed by atoms with Crippen LogP contribution < -0.4 is 0 Å². The summed E-state index contributed by atoms with van der Waals surface area (Å²) in [5, 5.41) is 0. The lowest BCUT2D eigenvalue weighted by atomic mass is 10.1. The average Bonchev–Trinajstić information content (AvgIpc) is 2.32. The summed E-state index contributed by atoms with van der Waals surface area (Å²) in [6.07, 6.45) is 5.98. The highest BCUT2D eigenvalue weighted by Crippen LogP contribution is 2.22. The highest BCUT2D eigenvalue weighted by atomic mass is 14.9. The van der Waals surface area contributed by atoms with Crippen LogP contribution in [-0.2, 0) is 7.05 Å². The summed E-state index contributed by atoms with van der Waals surface area (Å²) in [5.74, 6) is 0. The molecule has 0 spiro atoms. The minimum absolute atomic E-state index is 1.08. The number of pyridine rings is 1. The Labute approximate surface area is 65.8 Å². The van der Waals surface area contributed by atoms with Crippen LogP contribution in [-0.4, -0.2) is 9.55 Å². The van der Waals surface area contributed by atoms with Crippen LogP contribution in [0.15, 0.2) is 24.7 Å². The van der Waals surface area contributed by atoms with Gasteiger partial charge in [-0.05, 0) is 18.6 Å². The first-order chi connectivity index (χ1) is 5.27. The van der Waals surface area contributed by atoms with Gasteiger partial charge in [0.1, 0.15) is 0 Å². The minimum atomic E-state index is 1.08.